The largest absolute Gasteiger partial charge is 0.378 e. The van der Waals surface area contributed by atoms with E-state index in [0.29, 0.717) is 58.8 Å². The fraction of sp³-hybridized carbons (Fsp3) is 0.636. The highest BCUT2D eigenvalue weighted by Crippen LogP contribution is 2.39. The number of morpholine rings is 1. The number of likely N-dealkylation sites (tertiary alicyclic amines) is 1. The van der Waals surface area contributed by atoms with E-state index in [1.54, 1.807) is 0 Å². The molecule has 1 aromatic rings. The minimum Gasteiger partial charge on any atom is -0.378 e. The predicted molar refractivity (Wildman–Crippen MR) is 105 cm³/mol. The van der Waals surface area contributed by atoms with Crippen LogP contribution in [0, 0.1) is 5.92 Å². The van der Waals surface area contributed by atoms with Gasteiger partial charge in [0.05, 0.1) is 32.9 Å². The first-order valence-electron chi connectivity index (χ1n) is 10.4. The Balaban J connectivity index is 1.16. The molecule has 3 aliphatic rings. The van der Waals surface area contributed by atoms with Crippen LogP contribution in [0.15, 0.2) is 30.3 Å². The molecule has 1 aromatic carbocycles. The zero-order valence-electron chi connectivity index (χ0n) is 16.5. The molecule has 3 saturated heterocycles. The van der Waals surface area contributed by atoms with Gasteiger partial charge < -0.3 is 19.3 Å². The second kappa shape index (κ2) is 8.62. The Labute approximate surface area is 166 Å². The third-order valence-corrected chi connectivity index (χ3v) is 6.12. The molecule has 4 rings (SSSR count). The van der Waals surface area contributed by atoms with Crippen LogP contribution in [0.25, 0.3) is 0 Å². The number of carbonyl (C=O) groups excluding carboxylic acids is 2. The van der Waals surface area contributed by atoms with Crippen LogP contribution in [0.1, 0.15) is 31.2 Å². The van der Waals surface area contributed by atoms with Gasteiger partial charge in [-0.15, -0.1) is 0 Å². The fourth-order valence-corrected chi connectivity index (χ4v) is 4.55. The normalized spacial score (nSPS) is 23.6. The van der Waals surface area contributed by atoms with Gasteiger partial charge in [-0.2, -0.15) is 0 Å². The highest BCUT2D eigenvalue weighted by Gasteiger charge is 2.51. The van der Waals surface area contributed by atoms with Gasteiger partial charge in [0.15, 0.2) is 0 Å². The van der Waals surface area contributed by atoms with E-state index in [9.17, 15) is 9.59 Å². The molecule has 0 radical (unpaired) electrons. The van der Waals surface area contributed by atoms with E-state index in [2.05, 4.69) is 12.1 Å². The Morgan fingerprint density at radius 2 is 1.79 bits per heavy atom. The third kappa shape index (κ3) is 4.55. The maximum atomic E-state index is 12.4. The summed E-state index contributed by atoms with van der Waals surface area (Å²) in [6, 6.07) is 10.3. The summed E-state index contributed by atoms with van der Waals surface area (Å²) in [5.41, 5.74) is 1.08. The lowest BCUT2D eigenvalue weighted by Crippen LogP contribution is -2.63. The Morgan fingerprint density at radius 1 is 1.04 bits per heavy atom. The molecule has 0 bridgehead atoms. The average molecular weight is 386 g/mol. The highest BCUT2D eigenvalue weighted by molar-refractivity contribution is 5.78. The van der Waals surface area contributed by atoms with E-state index in [-0.39, 0.29) is 23.3 Å². The minimum absolute atomic E-state index is 0.203. The maximum absolute atomic E-state index is 12.4. The van der Waals surface area contributed by atoms with Crippen molar-refractivity contribution in [3.63, 3.8) is 0 Å². The van der Waals surface area contributed by atoms with Crippen LogP contribution in [0.4, 0.5) is 0 Å². The number of nitrogens with zero attached hydrogens (tertiary/aromatic N) is 2. The van der Waals surface area contributed by atoms with E-state index >= 15 is 0 Å². The molecular weight excluding hydrogens is 356 g/mol. The standard InChI is InChI=1S/C22H30N2O4/c25-20(8-4-7-18-5-2-1-3-6-18)24-16-22(17-24)14-19(15-28-22)13-21(26)23-9-11-27-12-10-23/h1-3,5-6,19H,4,7-17H2. The molecular formula is C22H30N2O4. The summed E-state index contributed by atoms with van der Waals surface area (Å²) in [6.45, 7) is 4.66. The van der Waals surface area contributed by atoms with Crippen LogP contribution in [0.3, 0.4) is 0 Å². The van der Waals surface area contributed by atoms with Crippen LogP contribution in [-0.2, 0) is 25.5 Å². The first-order chi connectivity index (χ1) is 13.6. The molecule has 0 saturated carbocycles. The summed E-state index contributed by atoms with van der Waals surface area (Å²) in [5.74, 6) is 0.700. The van der Waals surface area contributed by atoms with Gasteiger partial charge in [-0.25, -0.2) is 0 Å². The summed E-state index contributed by atoms with van der Waals surface area (Å²) in [6.07, 6.45) is 3.84. The SMILES string of the molecule is O=C(CC1COC2(C1)CN(C(=O)CCCc1ccccc1)C2)N1CCOCC1. The number of rotatable bonds is 6. The van der Waals surface area contributed by atoms with Gasteiger partial charge in [0.25, 0.3) is 0 Å². The monoisotopic (exact) mass is 386 g/mol. The average Bonchev–Trinajstić information content (AvgIpc) is 3.12. The van der Waals surface area contributed by atoms with Crippen LogP contribution >= 0.6 is 0 Å². The summed E-state index contributed by atoms with van der Waals surface area (Å²) in [4.78, 5) is 28.7. The Morgan fingerprint density at radius 3 is 2.54 bits per heavy atom. The van der Waals surface area contributed by atoms with Crippen molar-refractivity contribution in [2.45, 2.75) is 37.7 Å². The van der Waals surface area contributed by atoms with E-state index < -0.39 is 0 Å². The smallest absolute Gasteiger partial charge is 0.223 e. The third-order valence-electron chi connectivity index (χ3n) is 6.12. The number of carbonyl (C=O) groups is 2. The molecule has 1 atom stereocenters. The molecule has 0 aromatic heterocycles. The zero-order chi connectivity index (χ0) is 19.4. The summed E-state index contributed by atoms with van der Waals surface area (Å²) >= 11 is 0. The molecule has 0 aliphatic carbocycles. The number of hydrogen-bond donors (Lipinski definition) is 0. The van der Waals surface area contributed by atoms with Crippen molar-refractivity contribution in [3.05, 3.63) is 35.9 Å². The fourth-order valence-electron chi connectivity index (χ4n) is 4.55. The van der Waals surface area contributed by atoms with Crippen LogP contribution in [-0.4, -0.2) is 73.2 Å². The summed E-state index contributed by atoms with van der Waals surface area (Å²) in [5, 5.41) is 0. The van der Waals surface area contributed by atoms with Crippen molar-refractivity contribution in [2.75, 3.05) is 46.0 Å². The van der Waals surface area contributed by atoms with Gasteiger partial charge in [0.2, 0.25) is 11.8 Å². The quantitative estimate of drug-likeness (QED) is 0.749. The number of hydrogen-bond acceptors (Lipinski definition) is 4. The molecule has 152 valence electrons. The second-order valence-corrected chi connectivity index (χ2v) is 8.35. The second-order valence-electron chi connectivity index (χ2n) is 8.35. The van der Waals surface area contributed by atoms with Crippen molar-refractivity contribution in [1.29, 1.82) is 0 Å². The summed E-state index contributed by atoms with van der Waals surface area (Å²) < 4.78 is 11.4. The molecule has 3 fully saturated rings. The number of aryl methyl sites for hydroxylation is 1. The molecule has 3 aliphatic heterocycles. The lowest BCUT2D eigenvalue weighted by atomic mass is 9.85. The predicted octanol–water partition coefficient (Wildman–Crippen LogP) is 1.88. The van der Waals surface area contributed by atoms with Crippen LogP contribution < -0.4 is 0 Å². The van der Waals surface area contributed by atoms with E-state index in [1.807, 2.05) is 28.0 Å². The van der Waals surface area contributed by atoms with Gasteiger partial charge in [0.1, 0.15) is 5.60 Å². The topological polar surface area (TPSA) is 59.1 Å². The van der Waals surface area contributed by atoms with Crippen LogP contribution in [0.5, 0.6) is 0 Å². The molecule has 1 unspecified atom stereocenters. The Bertz CT molecular complexity index is 681. The first-order valence-corrected chi connectivity index (χ1v) is 10.4. The first kappa shape index (κ1) is 19.4. The lowest BCUT2D eigenvalue weighted by molar-refractivity contribution is -0.157. The van der Waals surface area contributed by atoms with Crippen LogP contribution in [0.2, 0.25) is 0 Å². The van der Waals surface area contributed by atoms with Crippen molar-refractivity contribution in [2.24, 2.45) is 5.92 Å². The molecule has 28 heavy (non-hydrogen) atoms. The van der Waals surface area contributed by atoms with E-state index in [4.69, 9.17) is 9.47 Å². The highest BCUT2D eigenvalue weighted by atomic mass is 16.5. The lowest BCUT2D eigenvalue weighted by Gasteiger charge is -2.47. The minimum atomic E-state index is -0.203. The molecule has 1 spiro atoms. The van der Waals surface area contributed by atoms with Gasteiger partial charge >= 0.3 is 0 Å². The van der Waals surface area contributed by atoms with E-state index in [0.717, 1.165) is 19.3 Å². The number of ether oxygens (including phenoxy) is 2. The molecule has 3 heterocycles. The Kier molecular flexibility index (Phi) is 5.97. The molecule has 2 amide bonds. The van der Waals surface area contributed by atoms with Crippen molar-refractivity contribution in [3.8, 4) is 0 Å². The van der Waals surface area contributed by atoms with Gasteiger partial charge in [-0.3, -0.25) is 9.59 Å². The molecule has 6 nitrogen and oxygen atoms in total. The van der Waals surface area contributed by atoms with Gasteiger partial charge in [-0.05, 0) is 30.7 Å². The summed E-state index contributed by atoms with van der Waals surface area (Å²) in [7, 11) is 0. The molecule has 6 heteroatoms. The van der Waals surface area contributed by atoms with E-state index in [1.165, 1.54) is 5.56 Å². The maximum Gasteiger partial charge on any atom is 0.223 e. The molecule has 0 N–H and O–H groups in total. The number of benzene rings is 1. The zero-order valence-corrected chi connectivity index (χ0v) is 16.5. The van der Waals surface area contributed by atoms with Gasteiger partial charge in [0, 0.05) is 25.9 Å². The van der Waals surface area contributed by atoms with Crippen molar-refractivity contribution < 1.29 is 19.1 Å². The van der Waals surface area contributed by atoms with Crippen molar-refractivity contribution in [1.82, 2.24) is 9.80 Å². The van der Waals surface area contributed by atoms with Crippen molar-refractivity contribution >= 4 is 11.8 Å². The van der Waals surface area contributed by atoms with Gasteiger partial charge in [-0.1, -0.05) is 30.3 Å². The Hall–Kier alpha value is -1.92. The number of amides is 2.